The average molecular weight is 331 g/mol. The molecule has 0 amide bonds. The number of pyridine rings is 1. The first kappa shape index (κ1) is 15.5. The van der Waals surface area contributed by atoms with Crippen molar-refractivity contribution in [3.8, 4) is 11.1 Å². The first-order chi connectivity index (χ1) is 10.9. The molecule has 0 aliphatic rings. The minimum atomic E-state index is -3.71. The number of hydrogen-bond donors (Lipinski definition) is 2. The van der Waals surface area contributed by atoms with Crippen molar-refractivity contribution in [3.05, 3.63) is 66.1 Å². The van der Waals surface area contributed by atoms with Gasteiger partial charge in [0.2, 0.25) is 0 Å². The Morgan fingerprint density at radius 1 is 1.09 bits per heavy atom. The molecule has 0 atom stereocenters. The van der Waals surface area contributed by atoms with Gasteiger partial charge >= 0.3 is 0 Å². The summed E-state index contributed by atoms with van der Waals surface area (Å²) >= 11 is 0. The quantitative estimate of drug-likeness (QED) is 0.769. The molecule has 23 heavy (non-hydrogen) atoms. The highest BCUT2D eigenvalue weighted by Gasteiger charge is 2.06. The van der Waals surface area contributed by atoms with E-state index in [2.05, 4.69) is 9.71 Å². The summed E-state index contributed by atoms with van der Waals surface area (Å²) in [5.41, 5.74) is 3.24. The van der Waals surface area contributed by atoms with Crippen LogP contribution in [0.5, 0.6) is 0 Å². The second-order valence-corrected chi connectivity index (χ2v) is 6.46. The summed E-state index contributed by atoms with van der Waals surface area (Å²) in [7, 11) is -3.71. The zero-order chi connectivity index (χ0) is 16.4. The molecule has 0 saturated heterocycles. The van der Waals surface area contributed by atoms with Gasteiger partial charge in [-0.15, -0.1) is 0 Å². The average Bonchev–Trinajstić information content (AvgIpc) is 2.52. The first-order valence-corrected chi connectivity index (χ1v) is 8.38. The minimum Gasteiger partial charge on any atom is -0.256 e. The van der Waals surface area contributed by atoms with E-state index in [0.717, 1.165) is 22.1 Å². The number of nitrogens with zero attached hydrogens (tertiary/aromatic N) is 1. The van der Waals surface area contributed by atoms with Crippen LogP contribution in [0.3, 0.4) is 0 Å². The van der Waals surface area contributed by atoms with Crippen molar-refractivity contribution in [2.24, 2.45) is 5.14 Å². The van der Waals surface area contributed by atoms with Crippen LogP contribution in [0.25, 0.3) is 22.0 Å². The Labute approximate surface area is 133 Å². The van der Waals surface area contributed by atoms with Gasteiger partial charge in [0, 0.05) is 24.2 Å². The van der Waals surface area contributed by atoms with Crippen molar-refractivity contribution in [3.63, 3.8) is 0 Å². The molecule has 0 aliphatic carbocycles. The van der Waals surface area contributed by atoms with Crippen LogP contribution in [-0.2, 0) is 16.8 Å². The standard InChI is InChI=1S/C16H14FN3O2S/c17-13-5-6-15-14(7-8-19-16(15)9-13)12-3-1-11(2-4-12)10-20-23(18,21)22/h1-9,20H,10H2,(H2,18,21,22). The molecule has 3 aromatic rings. The molecule has 2 aromatic carbocycles. The van der Waals surface area contributed by atoms with Crippen LogP contribution in [0, 0.1) is 5.82 Å². The predicted octanol–water partition coefficient (Wildman–Crippen LogP) is 2.33. The second-order valence-electron chi connectivity index (χ2n) is 5.08. The largest absolute Gasteiger partial charge is 0.274 e. The summed E-state index contributed by atoms with van der Waals surface area (Å²) in [6.07, 6.45) is 1.63. The van der Waals surface area contributed by atoms with Crippen LogP contribution in [0.4, 0.5) is 4.39 Å². The number of rotatable bonds is 4. The van der Waals surface area contributed by atoms with Crippen molar-refractivity contribution in [2.75, 3.05) is 0 Å². The third kappa shape index (κ3) is 3.70. The molecule has 0 bridgehead atoms. The maximum atomic E-state index is 13.3. The number of benzene rings is 2. The van der Waals surface area contributed by atoms with Gasteiger partial charge in [-0.05, 0) is 34.9 Å². The third-order valence-corrected chi connectivity index (χ3v) is 3.99. The van der Waals surface area contributed by atoms with E-state index in [0.29, 0.717) is 5.52 Å². The van der Waals surface area contributed by atoms with Crippen LogP contribution in [-0.4, -0.2) is 13.4 Å². The SMILES string of the molecule is NS(=O)(=O)NCc1ccc(-c2ccnc3cc(F)ccc23)cc1. The third-order valence-electron chi connectivity index (χ3n) is 3.45. The Morgan fingerprint density at radius 3 is 2.52 bits per heavy atom. The zero-order valence-corrected chi connectivity index (χ0v) is 12.8. The number of nitrogens with two attached hydrogens (primary N) is 1. The Balaban J connectivity index is 1.93. The number of aromatic nitrogens is 1. The summed E-state index contributed by atoms with van der Waals surface area (Å²) in [6, 6.07) is 13.7. The molecule has 0 unspecified atom stereocenters. The molecule has 3 rings (SSSR count). The van der Waals surface area contributed by atoms with Gasteiger partial charge in [-0.25, -0.2) is 9.53 Å². The molecule has 1 heterocycles. The molecular weight excluding hydrogens is 317 g/mol. The lowest BCUT2D eigenvalue weighted by Crippen LogP contribution is -2.30. The number of hydrogen-bond acceptors (Lipinski definition) is 3. The molecule has 0 fully saturated rings. The molecule has 5 nitrogen and oxygen atoms in total. The van der Waals surface area contributed by atoms with E-state index in [4.69, 9.17) is 5.14 Å². The summed E-state index contributed by atoms with van der Waals surface area (Å²) in [6.45, 7) is 0.126. The zero-order valence-electron chi connectivity index (χ0n) is 12.0. The fourth-order valence-corrected chi connectivity index (χ4v) is 2.73. The van der Waals surface area contributed by atoms with E-state index in [1.54, 1.807) is 12.3 Å². The fraction of sp³-hybridized carbons (Fsp3) is 0.0625. The van der Waals surface area contributed by atoms with Crippen molar-refractivity contribution in [1.29, 1.82) is 0 Å². The fourth-order valence-electron chi connectivity index (χ4n) is 2.36. The van der Waals surface area contributed by atoms with Crippen LogP contribution < -0.4 is 9.86 Å². The van der Waals surface area contributed by atoms with E-state index in [-0.39, 0.29) is 12.4 Å². The van der Waals surface area contributed by atoms with Crippen molar-refractivity contribution < 1.29 is 12.8 Å². The van der Waals surface area contributed by atoms with Crippen LogP contribution >= 0.6 is 0 Å². The van der Waals surface area contributed by atoms with Crippen LogP contribution in [0.1, 0.15) is 5.56 Å². The molecule has 3 N–H and O–H groups in total. The van der Waals surface area contributed by atoms with Gasteiger partial charge < -0.3 is 0 Å². The highest BCUT2D eigenvalue weighted by Crippen LogP contribution is 2.28. The molecule has 7 heteroatoms. The Hall–Kier alpha value is -2.35. The molecule has 118 valence electrons. The van der Waals surface area contributed by atoms with Gasteiger partial charge in [0.25, 0.3) is 10.2 Å². The summed E-state index contributed by atoms with van der Waals surface area (Å²) in [5, 5.41) is 5.75. The van der Waals surface area contributed by atoms with E-state index in [1.807, 2.05) is 30.3 Å². The van der Waals surface area contributed by atoms with E-state index >= 15 is 0 Å². The Bertz CT molecular complexity index is 957. The predicted molar refractivity (Wildman–Crippen MR) is 87.1 cm³/mol. The smallest absolute Gasteiger partial charge is 0.256 e. The van der Waals surface area contributed by atoms with Crippen molar-refractivity contribution in [2.45, 2.75) is 6.54 Å². The van der Waals surface area contributed by atoms with E-state index in [1.165, 1.54) is 12.1 Å². The van der Waals surface area contributed by atoms with E-state index < -0.39 is 10.2 Å². The Kier molecular flexibility index (Phi) is 4.08. The van der Waals surface area contributed by atoms with Gasteiger partial charge in [0.05, 0.1) is 5.52 Å². The summed E-state index contributed by atoms with van der Waals surface area (Å²) in [5.74, 6) is -0.327. The lowest BCUT2D eigenvalue weighted by Gasteiger charge is -2.08. The second kappa shape index (κ2) is 6.04. The minimum absolute atomic E-state index is 0.126. The normalized spacial score (nSPS) is 11.7. The molecular formula is C16H14FN3O2S. The maximum Gasteiger partial charge on any atom is 0.274 e. The number of nitrogens with one attached hydrogen (secondary N) is 1. The monoisotopic (exact) mass is 331 g/mol. The Morgan fingerprint density at radius 2 is 1.83 bits per heavy atom. The first-order valence-electron chi connectivity index (χ1n) is 6.83. The molecule has 0 spiro atoms. The topological polar surface area (TPSA) is 85.1 Å². The number of halogens is 1. The van der Waals surface area contributed by atoms with Crippen molar-refractivity contribution >= 4 is 21.1 Å². The van der Waals surface area contributed by atoms with Gasteiger partial charge in [0.15, 0.2) is 0 Å². The van der Waals surface area contributed by atoms with Crippen molar-refractivity contribution in [1.82, 2.24) is 9.71 Å². The molecule has 0 aliphatic heterocycles. The van der Waals surface area contributed by atoms with Crippen LogP contribution in [0.15, 0.2) is 54.7 Å². The summed E-state index contributed by atoms with van der Waals surface area (Å²) < 4.78 is 37.3. The lowest BCUT2D eigenvalue weighted by atomic mass is 10.0. The highest BCUT2D eigenvalue weighted by molar-refractivity contribution is 7.87. The van der Waals surface area contributed by atoms with Gasteiger partial charge in [-0.3, -0.25) is 4.98 Å². The number of fused-ring (bicyclic) bond motifs is 1. The molecule has 0 saturated carbocycles. The molecule has 1 aromatic heterocycles. The van der Waals surface area contributed by atoms with Crippen LogP contribution in [0.2, 0.25) is 0 Å². The summed E-state index contributed by atoms with van der Waals surface area (Å²) in [4.78, 5) is 4.17. The van der Waals surface area contributed by atoms with Gasteiger partial charge in [-0.1, -0.05) is 24.3 Å². The van der Waals surface area contributed by atoms with E-state index in [9.17, 15) is 12.8 Å². The maximum absolute atomic E-state index is 13.3. The highest BCUT2D eigenvalue weighted by atomic mass is 32.2. The molecule has 0 radical (unpaired) electrons. The lowest BCUT2D eigenvalue weighted by molar-refractivity contribution is 0.583. The van der Waals surface area contributed by atoms with Gasteiger partial charge in [0.1, 0.15) is 5.82 Å². The van der Waals surface area contributed by atoms with Gasteiger partial charge in [-0.2, -0.15) is 13.1 Å².